The summed E-state index contributed by atoms with van der Waals surface area (Å²) in [4.78, 5) is 22.7. The van der Waals surface area contributed by atoms with Gasteiger partial charge in [0.1, 0.15) is 0 Å². The van der Waals surface area contributed by atoms with Gasteiger partial charge in [0.2, 0.25) is 0 Å². The van der Waals surface area contributed by atoms with Crippen LogP contribution in [-0.2, 0) is 10.0 Å². The maximum Gasteiger partial charge on any atom is 0.270 e. The second-order valence-corrected chi connectivity index (χ2v) is 8.91. The fourth-order valence-corrected chi connectivity index (χ4v) is 4.14. The molecule has 2 N–H and O–H groups in total. The van der Waals surface area contributed by atoms with Crippen LogP contribution in [0.5, 0.6) is 0 Å². The number of amides is 1. The van der Waals surface area contributed by atoms with Crippen molar-refractivity contribution in [2.24, 2.45) is 0 Å². The molecule has 0 saturated heterocycles. The molecule has 3 aromatic rings. The molecule has 0 spiro atoms. The molecule has 0 aliphatic carbocycles. The van der Waals surface area contributed by atoms with Crippen LogP contribution in [0.25, 0.3) is 0 Å². The molecular formula is C20H15Cl2N3O5S. The molecule has 3 aromatic carbocycles. The average Bonchev–Trinajstić information content (AvgIpc) is 2.72. The first-order valence-corrected chi connectivity index (χ1v) is 11.0. The van der Waals surface area contributed by atoms with Crippen molar-refractivity contribution in [1.82, 2.24) is 0 Å². The van der Waals surface area contributed by atoms with Crippen LogP contribution in [-0.4, -0.2) is 19.2 Å². The monoisotopic (exact) mass is 479 g/mol. The molecule has 31 heavy (non-hydrogen) atoms. The Morgan fingerprint density at radius 2 is 1.68 bits per heavy atom. The number of nitrogens with zero attached hydrogens (tertiary/aromatic N) is 1. The number of non-ortho nitro benzene ring substituents is 1. The smallest absolute Gasteiger partial charge is 0.270 e. The van der Waals surface area contributed by atoms with Crippen molar-refractivity contribution < 1.29 is 18.1 Å². The van der Waals surface area contributed by atoms with E-state index in [9.17, 15) is 23.3 Å². The van der Waals surface area contributed by atoms with E-state index in [0.717, 1.165) is 6.07 Å². The predicted octanol–water partition coefficient (Wildman–Crippen LogP) is 5.26. The van der Waals surface area contributed by atoms with Gasteiger partial charge in [-0.25, -0.2) is 8.42 Å². The second-order valence-electron chi connectivity index (χ2n) is 6.42. The van der Waals surface area contributed by atoms with E-state index in [1.807, 2.05) is 0 Å². The highest BCUT2D eigenvalue weighted by atomic mass is 35.5. The number of carbonyl (C=O) groups excluding carboxylic acids is 1. The number of nitrogens with one attached hydrogen (secondary N) is 2. The number of carbonyl (C=O) groups is 1. The lowest BCUT2D eigenvalue weighted by Crippen LogP contribution is -2.15. The Morgan fingerprint density at radius 3 is 2.32 bits per heavy atom. The summed E-state index contributed by atoms with van der Waals surface area (Å²) < 4.78 is 27.8. The van der Waals surface area contributed by atoms with Crippen LogP contribution in [0, 0.1) is 17.0 Å². The lowest BCUT2D eigenvalue weighted by Gasteiger charge is -2.12. The molecule has 8 nitrogen and oxygen atoms in total. The van der Waals surface area contributed by atoms with Crippen molar-refractivity contribution in [1.29, 1.82) is 0 Å². The molecule has 0 aromatic heterocycles. The van der Waals surface area contributed by atoms with E-state index < -0.39 is 20.9 Å². The highest BCUT2D eigenvalue weighted by Crippen LogP contribution is 2.26. The molecule has 0 aliphatic heterocycles. The molecule has 160 valence electrons. The SMILES string of the molecule is Cc1c(Cl)cccc1NS(=O)(=O)c1ccc(NC(=O)c2cc([N+](=O)[O-])ccc2Cl)cc1. The van der Waals surface area contributed by atoms with Crippen molar-refractivity contribution in [2.75, 3.05) is 10.0 Å². The number of benzene rings is 3. The number of anilines is 2. The number of hydrogen-bond acceptors (Lipinski definition) is 5. The molecule has 0 bridgehead atoms. The molecule has 11 heteroatoms. The summed E-state index contributed by atoms with van der Waals surface area (Å²) in [7, 11) is -3.89. The minimum absolute atomic E-state index is 0.0294. The zero-order chi connectivity index (χ0) is 22.8. The van der Waals surface area contributed by atoms with Gasteiger partial charge in [-0.3, -0.25) is 19.6 Å². The zero-order valence-corrected chi connectivity index (χ0v) is 18.3. The van der Waals surface area contributed by atoms with Gasteiger partial charge in [0.15, 0.2) is 0 Å². The van der Waals surface area contributed by atoms with E-state index in [1.165, 1.54) is 36.4 Å². The minimum Gasteiger partial charge on any atom is -0.322 e. The van der Waals surface area contributed by atoms with Crippen molar-refractivity contribution in [3.05, 3.63) is 92.0 Å². The number of nitro groups is 1. The van der Waals surface area contributed by atoms with Gasteiger partial charge in [-0.1, -0.05) is 29.3 Å². The summed E-state index contributed by atoms with van der Waals surface area (Å²) in [5.41, 5.74) is 0.866. The van der Waals surface area contributed by atoms with Crippen LogP contribution in [0.3, 0.4) is 0 Å². The summed E-state index contributed by atoms with van der Waals surface area (Å²) in [5, 5.41) is 13.9. The first-order chi connectivity index (χ1) is 14.6. The number of rotatable bonds is 6. The highest BCUT2D eigenvalue weighted by Gasteiger charge is 2.18. The second kappa shape index (κ2) is 8.93. The van der Waals surface area contributed by atoms with E-state index in [-0.39, 0.29) is 26.9 Å². The summed E-state index contributed by atoms with van der Waals surface area (Å²) in [6.45, 7) is 1.69. The van der Waals surface area contributed by atoms with E-state index in [4.69, 9.17) is 23.2 Å². The van der Waals surface area contributed by atoms with Gasteiger partial charge >= 0.3 is 0 Å². The van der Waals surface area contributed by atoms with E-state index in [1.54, 1.807) is 25.1 Å². The fourth-order valence-electron chi connectivity index (χ4n) is 2.64. The van der Waals surface area contributed by atoms with Crippen molar-refractivity contribution in [3.8, 4) is 0 Å². The number of hydrogen-bond donors (Lipinski definition) is 2. The van der Waals surface area contributed by atoms with Gasteiger partial charge in [-0.05, 0) is 55.0 Å². The molecule has 0 radical (unpaired) electrons. The Balaban J connectivity index is 1.78. The van der Waals surface area contributed by atoms with Crippen LogP contribution in [0.2, 0.25) is 10.0 Å². The van der Waals surface area contributed by atoms with Crippen molar-refractivity contribution in [2.45, 2.75) is 11.8 Å². The first-order valence-electron chi connectivity index (χ1n) is 8.72. The lowest BCUT2D eigenvalue weighted by atomic mass is 10.2. The molecule has 0 atom stereocenters. The average molecular weight is 480 g/mol. The molecule has 1 amide bonds. The molecule has 3 rings (SSSR count). The summed E-state index contributed by atoms with van der Waals surface area (Å²) >= 11 is 12.0. The van der Waals surface area contributed by atoms with Gasteiger partial charge in [-0.2, -0.15) is 0 Å². The van der Waals surface area contributed by atoms with E-state index in [2.05, 4.69) is 10.0 Å². The number of halogens is 2. The van der Waals surface area contributed by atoms with E-state index in [0.29, 0.717) is 16.3 Å². The largest absolute Gasteiger partial charge is 0.322 e. The van der Waals surface area contributed by atoms with Gasteiger partial charge < -0.3 is 5.32 Å². The summed E-state index contributed by atoms with van der Waals surface area (Å²) in [5.74, 6) is -0.669. The third-order valence-electron chi connectivity index (χ3n) is 4.34. The number of sulfonamides is 1. The molecule has 0 saturated carbocycles. The fraction of sp³-hybridized carbons (Fsp3) is 0.0500. The summed E-state index contributed by atoms with van der Waals surface area (Å²) in [6, 6.07) is 13.8. The Morgan fingerprint density at radius 1 is 1.00 bits per heavy atom. The van der Waals surface area contributed by atoms with Crippen LogP contribution >= 0.6 is 23.2 Å². The van der Waals surface area contributed by atoms with Crippen LogP contribution in [0.1, 0.15) is 15.9 Å². The van der Waals surface area contributed by atoms with E-state index >= 15 is 0 Å². The van der Waals surface area contributed by atoms with Gasteiger partial charge in [0, 0.05) is 22.8 Å². The maximum absolute atomic E-state index is 12.6. The Kier molecular flexibility index (Phi) is 6.49. The lowest BCUT2D eigenvalue weighted by molar-refractivity contribution is -0.384. The Hall–Kier alpha value is -3.14. The Labute approximate surface area is 188 Å². The molecule has 0 heterocycles. The van der Waals surface area contributed by atoms with Gasteiger partial charge in [-0.15, -0.1) is 0 Å². The third-order valence-corrected chi connectivity index (χ3v) is 6.46. The number of nitro benzene ring substituents is 1. The zero-order valence-electron chi connectivity index (χ0n) is 15.9. The standard InChI is InChI=1S/C20H15Cl2N3O5S/c1-12-17(21)3-2-4-19(12)24-31(29,30)15-8-5-13(6-9-15)23-20(26)16-11-14(25(27)28)7-10-18(16)22/h2-11,24H,1H3,(H,23,26). The van der Waals surface area contributed by atoms with Gasteiger partial charge in [0.05, 0.1) is 26.1 Å². The highest BCUT2D eigenvalue weighted by molar-refractivity contribution is 7.92. The minimum atomic E-state index is -3.89. The van der Waals surface area contributed by atoms with Crippen molar-refractivity contribution >= 4 is 56.2 Å². The van der Waals surface area contributed by atoms with Gasteiger partial charge in [0.25, 0.3) is 21.6 Å². The molecule has 0 unspecified atom stereocenters. The third kappa shape index (κ3) is 5.13. The molecule has 0 fully saturated rings. The van der Waals surface area contributed by atoms with Crippen LogP contribution in [0.15, 0.2) is 65.6 Å². The maximum atomic E-state index is 12.6. The summed E-state index contributed by atoms with van der Waals surface area (Å²) in [6.07, 6.45) is 0. The molecule has 0 aliphatic rings. The Bertz CT molecular complexity index is 1280. The quantitative estimate of drug-likeness (QED) is 0.368. The van der Waals surface area contributed by atoms with Crippen molar-refractivity contribution in [3.63, 3.8) is 0 Å². The van der Waals surface area contributed by atoms with Crippen LogP contribution < -0.4 is 10.0 Å². The van der Waals surface area contributed by atoms with Crippen LogP contribution in [0.4, 0.5) is 17.1 Å². The normalized spacial score (nSPS) is 11.1. The first kappa shape index (κ1) is 22.5. The predicted molar refractivity (Wildman–Crippen MR) is 119 cm³/mol. The molecular weight excluding hydrogens is 465 g/mol. The topological polar surface area (TPSA) is 118 Å².